The lowest BCUT2D eigenvalue weighted by Crippen LogP contribution is -2.22. The summed E-state index contributed by atoms with van der Waals surface area (Å²) in [6.45, 7) is 7.61. The molecular weight excluding hydrogens is 346 g/mol. The first-order chi connectivity index (χ1) is 12.8. The number of nitrogens with one attached hydrogen (secondary N) is 1. The van der Waals surface area contributed by atoms with Crippen LogP contribution < -0.4 is 19.5 Å². The predicted molar refractivity (Wildman–Crippen MR) is 102 cm³/mol. The lowest BCUT2D eigenvalue weighted by Gasteiger charge is -2.22. The van der Waals surface area contributed by atoms with E-state index in [1.807, 2.05) is 24.3 Å². The van der Waals surface area contributed by atoms with Crippen molar-refractivity contribution >= 4 is 17.4 Å². The highest BCUT2D eigenvalue weighted by molar-refractivity contribution is 6.04. The largest absolute Gasteiger partial charge is 0.483 e. The molecule has 0 bridgehead atoms. The van der Waals surface area contributed by atoms with Crippen molar-refractivity contribution in [3.8, 4) is 17.2 Å². The molecular formula is C21H23NO5. The van der Waals surface area contributed by atoms with Crippen molar-refractivity contribution < 1.29 is 23.8 Å². The van der Waals surface area contributed by atoms with Gasteiger partial charge in [0.1, 0.15) is 5.75 Å². The Morgan fingerprint density at radius 1 is 1.11 bits per heavy atom. The SMILES string of the molecule is CC(=O)c1cc2c(cc1NC(=O)COc1ccccc1C(C)(C)C)OCO2. The maximum atomic E-state index is 12.4. The van der Waals surface area contributed by atoms with Gasteiger partial charge in [0, 0.05) is 11.6 Å². The Morgan fingerprint density at radius 3 is 2.44 bits per heavy atom. The molecule has 6 heteroatoms. The number of ketones is 1. The molecule has 1 amide bonds. The van der Waals surface area contributed by atoms with Gasteiger partial charge in [0.05, 0.1) is 5.69 Å². The van der Waals surface area contributed by atoms with Crippen LogP contribution in [-0.4, -0.2) is 25.1 Å². The third kappa shape index (κ3) is 4.22. The van der Waals surface area contributed by atoms with Gasteiger partial charge in [-0.05, 0) is 30.0 Å². The number of rotatable bonds is 5. The topological polar surface area (TPSA) is 73.9 Å². The number of Topliss-reactive ketones (excluding diaryl/α,β-unsaturated/α-hetero) is 1. The zero-order valence-corrected chi connectivity index (χ0v) is 15.9. The molecule has 1 heterocycles. The van der Waals surface area contributed by atoms with Gasteiger partial charge in [0.15, 0.2) is 23.9 Å². The Balaban J connectivity index is 1.73. The van der Waals surface area contributed by atoms with E-state index in [2.05, 4.69) is 26.1 Å². The average Bonchev–Trinajstić information content (AvgIpc) is 3.06. The van der Waals surface area contributed by atoms with E-state index in [1.54, 1.807) is 12.1 Å². The number of fused-ring (bicyclic) bond motifs is 1. The predicted octanol–water partition coefficient (Wildman–Crippen LogP) is 3.93. The summed E-state index contributed by atoms with van der Waals surface area (Å²) in [7, 11) is 0. The van der Waals surface area contributed by atoms with Crippen molar-refractivity contribution in [2.75, 3.05) is 18.7 Å². The number of anilines is 1. The van der Waals surface area contributed by atoms with Gasteiger partial charge in [-0.1, -0.05) is 39.0 Å². The molecule has 0 radical (unpaired) electrons. The Labute approximate surface area is 158 Å². The third-order valence-corrected chi connectivity index (χ3v) is 4.22. The molecule has 0 saturated carbocycles. The maximum Gasteiger partial charge on any atom is 0.262 e. The number of ether oxygens (including phenoxy) is 3. The fraction of sp³-hybridized carbons (Fsp3) is 0.333. The van der Waals surface area contributed by atoms with Crippen LogP contribution >= 0.6 is 0 Å². The molecule has 2 aromatic carbocycles. The minimum Gasteiger partial charge on any atom is -0.483 e. The van der Waals surface area contributed by atoms with Crippen molar-refractivity contribution in [2.45, 2.75) is 33.1 Å². The summed E-state index contributed by atoms with van der Waals surface area (Å²) in [6, 6.07) is 10.8. The van der Waals surface area contributed by atoms with E-state index in [0.29, 0.717) is 28.5 Å². The van der Waals surface area contributed by atoms with Crippen LogP contribution in [0.1, 0.15) is 43.6 Å². The van der Waals surface area contributed by atoms with Crippen molar-refractivity contribution in [1.82, 2.24) is 0 Å². The molecule has 0 aliphatic carbocycles. The van der Waals surface area contributed by atoms with E-state index in [9.17, 15) is 9.59 Å². The maximum absolute atomic E-state index is 12.4. The summed E-state index contributed by atoms with van der Waals surface area (Å²) < 4.78 is 16.3. The van der Waals surface area contributed by atoms with Crippen LogP contribution in [0.4, 0.5) is 5.69 Å². The second-order valence-corrected chi connectivity index (χ2v) is 7.39. The number of carbonyl (C=O) groups is 2. The van der Waals surface area contributed by atoms with Gasteiger partial charge in [-0.25, -0.2) is 0 Å². The number of carbonyl (C=O) groups excluding carboxylic acids is 2. The van der Waals surface area contributed by atoms with E-state index < -0.39 is 0 Å². The first kappa shape index (κ1) is 18.8. The first-order valence-electron chi connectivity index (χ1n) is 8.72. The quantitative estimate of drug-likeness (QED) is 0.808. The molecule has 1 N–H and O–H groups in total. The third-order valence-electron chi connectivity index (χ3n) is 4.22. The van der Waals surface area contributed by atoms with Crippen LogP contribution in [-0.2, 0) is 10.2 Å². The van der Waals surface area contributed by atoms with Gasteiger partial charge in [-0.2, -0.15) is 0 Å². The Kier molecular flexibility index (Phi) is 5.08. The first-order valence-corrected chi connectivity index (χ1v) is 8.72. The van der Waals surface area contributed by atoms with Gasteiger partial charge in [0.2, 0.25) is 6.79 Å². The standard InChI is InChI=1S/C21H23NO5/c1-13(23)14-9-18-19(27-12-26-18)10-16(14)22-20(24)11-25-17-8-6-5-7-15(17)21(2,3)4/h5-10H,11-12H2,1-4H3,(H,22,24). The second kappa shape index (κ2) is 7.31. The number of para-hydroxylation sites is 1. The molecule has 1 aliphatic heterocycles. The highest BCUT2D eigenvalue weighted by atomic mass is 16.7. The molecule has 0 aromatic heterocycles. The molecule has 0 unspecified atom stereocenters. The van der Waals surface area contributed by atoms with Gasteiger partial charge in [-0.3, -0.25) is 9.59 Å². The van der Waals surface area contributed by atoms with E-state index in [1.165, 1.54) is 6.92 Å². The molecule has 0 spiro atoms. The lowest BCUT2D eigenvalue weighted by molar-refractivity contribution is -0.118. The minimum atomic E-state index is -0.361. The summed E-state index contributed by atoms with van der Waals surface area (Å²) in [6.07, 6.45) is 0. The van der Waals surface area contributed by atoms with Crippen LogP contribution in [0, 0.1) is 0 Å². The number of benzene rings is 2. The molecule has 2 aromatic rings. The molecule has 3 rings (SSSR count). The molecule has 1 aliphatic rings. The Morgan fingerprint density at radius 2 is 1.78 bits per heavy atom. The zero-order valence-electron chi connectivity index (χ0n) is 15.9. The average molecular weight is 369 g/mol. The summed E-state index contributed by atoms with van der Waals surface area (Å²) >= 11 is 0. The van der Waals surface area contributed by atoms with Gasteiger partial charge >= 0.3 is 0 Å². The molecule has 142 valence electrons. The van der Waals surface area contributed by atoms with Crippen LogP contribution in [0.5, 0.6) is 17.2 Å². The number of hydrogen-bond acceptors (Lipinski definition) is 5. The van der Waals surface area contributed by atoms with E-state index in [4.69, 9.17) is 14.2 Å². The lowest BCUT2D eigenvalue weighted by atomic mass is 9.86. The fourth-order valence-corrected chi connectivity index (χ4v) is 2.88. The molecule has 0 saturated heterocycles. The van der Waals surface area contributed by atoms with Gasteiger partial charge < -0.3 is 19.5 Å². The molecule has 27 heavy (non-hydrogen) atoms. The highest BCUT2D eigenvalue weighted by Gasteiger charge is 2.21. The summed E-state index contributed by atoms with van der Waals surface area (Å²) in [5, 5.41) is 2.73. The van der Waals surface area contributed by atoms with Crippen molar-refractivity contribution in [2.24, 2.45) is 0 Å². The van der Waals surface area contributed by atoms with Gasteiger partial charge in [0.25, 0.3) is 5.91 Å². The molecule has 0 fully saturated rings. The van der Waals surface area contributed by atoms with E-state index in [0.717, 1.165) is 5.56 Å². The van der Waals surface area contributed by atoms with Gasteiger partial charge in [-0.15, -0.1) is 0 Å². The van der Waals surface area contributed by atoms with Crippen molar-refractivity contribution in [1.29, 1.82) is 0 Å². The van der Waals surface area contributed by atoms with Crippen LogP contribution in [0.25, 0.3) is 0 Å². The van der Waals surface area contributed by atoms with Crippen LogP contribution in [0.2, 0.25) is 0 Å². The van der Waals surface area contributed by atoms with Crippen LogP contribution in [0.15, 0.2) is 36.4 Å². The second-order valence-electron chi connectivity index (χ2n) is 7.39. The van der Waals surface area contributed by atoms with Crippen LogP contribution in [0.3, 0.4) is 0 Å². The van der Waals surface area contributed by atoms with E-state index in [-0.39, 0.29) is 30.5 Å². The zero-order chi connectivity index (χ0) is 19.6. The molecule has 0 atom stereocenters. The normalized spacial score (nSPS) is 12.6. The summed E-state index contributed by atoms with van der Waals surface area (Å²) in [4.78, 5) is 24.3. The summed E-state index contributed by atoms with van der Waals surface area (Å²) in [5.74, 6) is 1.11. The van der Waals surface area contributed by atoms with E-state index >= 15 is 0 Å². The van der Waals surface area contributed by atoms with Crippen molar-refractivity contribution in [3.63, 3.8) is 0 Å². The Bertz CT molecular complexity index is 883. The Hall–Kier alpha value is -3.02. The number of amides is 1. The molecule has 6 nitrogen and oxygen atoms in total. The smallest absolute Gasteiger partial charge is 0.262 e. The monoisotopic (exact) mass is 369 g/mol. The fourth-order valence-electron chi connectivity index (χ4n) is 2.88. The highest BCUT2D eigenvalue weighted by Crippen LogP contribution is 2.37. The van der Waals surface area contributed by atoms with Crippen molar-refractivity contribution in [3.05, 3.63) is 47.5 Å². The summed E-state index contributed by atoms with van der Waals surface area (Å²) in [5.41, 5.74) is 1.66. The number of hydrogen-bond donors (Lipinski definition) is 1. The minimum absolute atomic E-state index is 0.0940.